The molecule has 0 spiro atoms. The average Bonchev–Trinajstić information content (AvgIpc) is 2.97. The van der Waals surface area contributed by atoms with Crippen LogP contribution in [0.2, 0.25) is 0 Å². The first-order chi connectivity index (χ1) is 10.5. The number of likely N-dealkylation sites (tertiary alicyclic amines) is 1. The molecule has 2 heterocycles. The van der Waals surface area contributed by atoms with Gasteiger partial charge in [-0.05, 0) is 25.7 Å². The van der Waals surface area contributed by atoms with Crippen LogP contribution in [-0.4, -0.2) is 40.1 Å². The van der Waals surface area contributed by atoms with E-state index < -0.39 is 0 Å². The van der Waals surface area contributed by atoms with Crippen LogP contribution in [0, 0.1) is 5.92 Å². The van der Waals surface area contributed by atoms with Crippen molar-refractivity contribution < 1.29 is 9.32 Å². The molecule has 0 radical (unpaired) electrons. The van der Waals surface area contributed by atoms with E-state index in [1.807, 2.05) is 11.8 Å². The molecule has 1 fully saturated rings. The third kappa shape index (κ3) is 4.06. The highest BCUT2D eigenvalue weighted by atomic mass is 16.5. The summed E-state index contributed by atoms with van der Waals surface area (Å²) in [6.45, 7) is 9.91. The second-order valence-electron chi connectivity index (χ2n) is 6.25. The number of nitrogens with one attached hydrogen (secondary N) is 1. The van der Waals surface area contributed by atoms with E-state index in [1.54, 1.807) is 0 Å². The molecule has 1 aromatic heterocycles. The molecule has 3 atom stereocenters. The molecule has 0 bridgehead atoms. The predicted octanol–water partition coefficient (Wildman–Crippen LogP) is 2.32. The van der Waals surface area contributed by atoms with Gasteiger partial charge in [0.1, 0.15) is 0 Å². The van der Waals surface area contributed by atoms with Gasteiger partial charge in [0.05, 0.1) is 6.04 Å². The predicted molar refractivity (Wildman–Crippen MR) is 84.3 cm³/mol. The van der Waals surface area contributed by atoms with Gasteiger partial charge < -0.3 is 14.7 Å². The van der Waals surface area contributed by atoms with Crippen molar-refractivity contribution in [3.8, 4) is 0 Å². The minimum Gasteiger partial charge on any atom is -0.342 e. The summed E-state index contributed by atoms with van der Waals surface area (Å²) in [5.74, 6) is 2.11. The Hall–Kier alpha value is -1.43. The molecule has 2 rings (SSSR count). The number of aromatic nitrogens is 2. The van der Waals surface area contributed by atoms with Crippen LogP contribution in [0.15, 0.2) is 4.52 Å². The van der Waals surface area contributed by atoms with Crippen LogP contribution in [0.4, 0.5) is 0 Å². The Balaban J connectivity index is 1.89. The molecule has 3 unspecified atom stereocenters. The number of carbonyl (C=O) groups is 1. The minimum atomic E-state index is 0.0407. The molecular formula is C16H28N4O2. The van der Waals surface area contributed by atoms with Crippen molar-refractivity contribution in [2.75, 3.05) is 13.1 Å². The fourth-order valence-electron chi connectivity index (χ4n) is 3.00. The van der Waals surface area contributed by atoms with Crippen LogP contribution in [0.1, 0.15) is 64.7 Å². The van der Waals surface area contributed by atoms with E-state index in [1.165, 1.54) is 0 Å². The number of hydrogen-bond donors (Lipinski definition) is 1. The smallest absolute Gasteiger partial charge is 0.243 e. The normalized spacial score (nSPS) is 23.5. The lowest BCUT2D eigenvalue weighted by Gasteiger charge is -2.38. The van der Waals surface area contributed by atoms with Crippen LogP contribution in [0.3, 0.4) is 0 Å². The number of nitrogens with zero attached hydrogens (tertiary/aromatic N) is 3. The van der Waals surface area contributed by atoms with E-state index in [0.717, 1.165) is 38.2 Å². The molecule has 1 aliphatic heterocycles. The van der Waals surface area contributed by atoms with Crippen molar-refractivity contribution in [2.24, 2.45) is 5.92 Å². The maximum atomic E-state index is 11.8. The van der Waals surface area contributed by atoms with Crippen LogP contribution >= 0.6 is 0 Å². The summed E-state index contributed by atoms with van der Waals surface area (Å²) in [6.07, 6.45) is 3.42. The summed E-state index contributed by atoms with van der Waals surface area (Å²) in [6, 6.07) is 0.413. The fourth-order valence-corrected chi connectivity index (χ4v) is 3.00. The largest absolute Gasteiger partial charge is 0.342 e. The summed E-state index contributed by atoms with van der Waals surface area (Å²) >= 11 is 0. The number of rotatable bonds is 6. The van der Waals surface area contributed by atoms with Crippen LogP contribution in [0.25, 0.3) is 0 Å². The van der Waals surface area contributed by atoms with Gasteiger partial charge in [-0.3, -0.25) is 4.79 Å². The van der Waals surface area contributed by atoms with Gasteiger partial charge >= 0.3 is 0 Å². The second kappa shape index (κ2) is 7.72. The van der Waals surface area contributed by atoms with Gasteiger partial charge in [-0.1, -0.05) is 25.9 Å². The van der Waals surface area contributed by atoms with E-state index in [2.05, 4.69) is 36.2 Å². The fraction of sp³-hybridized carbons (Fsp3) is 0.812. The standard InChI is InChI=1S/C16H28N4O2/c1-5-7-14-18-16(22-19-14)12(4)17-13-8-9-20(10-11(13)3)15(21)6-2/h11-13,17H,5-10H2,1-4H3. The maximum absolute atomic E-state index is 11.8. The Morgan fingerprint density at radius 2 is 2.27 bits per heavy atom. The monoisotopic (exact) mass is 308 g/mol. The van der Waals surface area contributed by atoms with Gasteiger partial charge in [0.2, 0.25) is 11.8 Å². The van der Waals surface area contributed by atoms with Gasteiger partial charge in [0.25, 0.3) is 0 Å². The highest BCUT2D eigenvalue weighted by Gasteiger charge is 2.29. The molecule has 0 saturated carbocycles. The first-order valence-electron chi connectivity index (χ1n) is 8.41. The lowest BCUT2D eigenvalue weighted by molar-refractivity contribution is -0.132. The molecular weight excluding hydrogens is 280 g/mol. The Labute approximate surface area is 132 Å². The van der Waals surface area contributed by atoms with E-state index >= 15 is 0 Å². The van der Waals surface area contributed by atoms with Gasteiger partial charge in [0.15, 0.2) is 5.82 Å². The van der Waals surface area contributed by atoms with Crippen molar-refractivity contribution >= 4 is 5.91 Å². The molecule has 6 heteroatoms. The Morgan fingerprint density at radius 1 is 1.50 bits per heavy atom. The van der Waals surface area contributed by atoms with Gasteiger partial charge in [0, 0.05) is 32.0 Å². The molecule has 6 nitrogen and oxygen atoms in total. The highest BCUT2D eigenvalue weighted by Crippen LogP contribution is 2.21. The molecule has 1 aromatic rings. The van der Waals surface area contributed by atoms with Gasteiger partial charge in [-0.25, -0.2) is 0 Å². The number of hydrogen-bond acceptors (Lipinski definition) is 5. The van der Waals surface area contributed by atoms with Gasteiger partial charge in [-0.2, -0.15) is 4.98 Å². The molecule has 0 aromatic carbocycles. The lowest BCUT2D eigenvalue weighted by Crippen LogP contribution is -2.50. The van der Waals surface area contributed by atoms with Crippen LogP contribution < -0.4 is 5.32 Å². The summed E-state index contributed by atoms with van der Waals surface area (Å²) in [5.41, 5.74) is 0. The molecule has 0 aliphatic carbocycles. The van der Waals surface area contributed by atoms with E-state index in [9.17, 15) is 4.79 Å². The SMILES string of the molecule is CCCc1noc(C(C)NC2CCN(C(=O)CC)CC2C)n1. The molecule has 1 amide bonds. The summed E-state index contributed by atoms with van der Waals surface area (Å²) < 4.78 is 5.34. The average molecular weight is 308 g/mol. The quantitative estimate of drug-likeness (QED) is 0.873. The number of amides is 1. The highest BCUT2D eigenvalue weighted by molar-refractivity contribution is 5.75. The first kappa shape index (κ1) is 16.9. The zero-order chi connectivity index (χ0) is 16.1. The second-order valence-corrected chi connectivity index (χ2v) is 6.25. The van der Waals surface area contributed by atoms with Gasteiger partial charge in [-0.15, -0.1) is 0 Å². The summed E-state index contributed by atoms with van der Waals surface area (Å²) in [4.78, 5) is 18.2. The third-order valence-electron chi connectivity index (χ3n) is 4.35. The van der Waals surface area contributed by atoms with Crippen LogP contribution in [0.5, 0.6) is 0 Å². The van der Waals surface area contributed by atoms with Crippen molar-refractivity contribution in [1.82, 2.24) is 20.4 Å². The van der Waals surface area contributed by atoms with Crippen LogP contribution in [-0.2, 0) is 11.2 Å². The van der Waals surface area contributed by atoms with E-state index in [4.69, 9.17) is 4.52 Å². The number of piperidine rings is 1. The Bertz CT molecular complexity index is 488. The van der Waals surface area contributed by atoms with E-state index in [-0.39, 0.29) is 11.9 Å². The van der Waals surface area contributed by atoms with Crippen molar-refractivity contribution in [1.29, 1.82) is 0 Å². The number of aryl methyl sites for hydroxylation is 1. The number of carbonyl (C=O) groups excluding carboxylic acids is 1. The zero-order valence-corrected chi connectivity index (χ0v) is 14.1. The lowest BCUT2D eigenvalue weighted by atomic mass is 9.93. The Kier molecular flexibility index (Phi) is 5.94. The third-order valence-corrected chi connectivity index (χ3v) is 4.35. The zero-order valence-electron chi connectivity index (χ0n) is 14.1. The Morgan fingerprint density at radius 3 is 2.91 bits per heavy atom. The first-order valence-corrected chi connectivity index (χ1v) is 8.41. The topological polar surface area (TPSA) is 71.3 Å². The molecule has 1 saturated heterocycles. The summed E-state index contributed by atoms with van der Waals surface area (Å²) in [5, 5.41) is 7.59. The molecule has 124 valence electrons. The van der Waals surface area contributed by atoms with Crippen molar-refractivity contribution in [2.45, 2.75) is 65.5 Å². The minimum absolute atomic E-state index is 0.0407. The van der Waals surface area contributed by atoms with Crippen molar-refractivity contribution in [3.63, 3.8) is 0 Å². The molecule has 1 N–H and O–H groups in total. The summed E-state index contributed by atoms with van der Waals surface area (Å²) in [7, 11) is 0. The van der Waals surface area contributed by atoms with E-state index in [0.29, 0.717) is 24.3 Å². The molecule has 1 aliphatic rings. The molecule has 22 heavy (non-hydrogen) atoms. The maximum Gasteiger partial charge on any atom is 0.243 e. The van der Waals surface area contributed by atoms with Crippen molar-refractivity contribution in [3.05, 3.63) is 11.7 Å².